The van der Waals surface area contributed by atoms with Crippen LogP contribution in [0.3, 0.4) is 0 Å². The average molecular weight is 363 g/mol. The molecular weight excluding hydrogens is 320 g/mol. The molecule has 3 atom stereocenters. The van der Waals surface area contributed by atoms with Crippen LogP contribution in [0.1, 0.15) is 93.4 Å². The fourth-order valence-electron chi connectivity index (χ4n) is 4.26. The van der Waals surface area contributed by atoms with Crippen LogP contribution in [-0.4, -0.2) is 18.5 Å². The number of hydrogen-bond acceptors (Lipinski definition) is 2. The van der Waals surface area contributed by atoms with Crippen molar-refractivity contribution in [3.8, 4) is 0 Å². The van der Waals surface area contributed by atoms with Gasteiger partial charge in [-0.15, -0.1) is 0 Å². The minimum absolute atomic E-state index is 0.115. The molecule has 2 nitrogen and oxygen atoms in total. The molecule has 0 aromatic carbocycles. The molecule has 0 radical (unpaired) electrons. The van der Waals surface area contributed by atoms with Gasteiger partial charge in [0, 0.05) is 0 Å². The van der Waals surface area contributed by atoms with E-state index in [4.69, 9.17) is 9.47 Å². The van der Waals surface area contributed by atoms with Gasteiger partial charge >= 0.3 is 0 Å². The van der Waals surface area contributed by atoms with Gasteiger partial charge in [-0.25, -0.2) is 0 Å². The van der Waals surface area contributed by atoms with Crippen LogP contribution in [0.2, 0.25) is 0 Å². The van der Waals surface area contributed by atoms with E-state index in [1.807, 2.05) is 0 Å². The van der Waals surface area contributed by atoms with Crippen LogP contribution in [0.15, 0.2) is 23.8 Å². The number of rotatable bonds is 6. The molecule has 1 fully saturated rings. The molecule has 0 heterocycles. The monoisotopic (exact) mass is 362 g/mol. The highest BCUT2D eigenvalue weighted by atomic mass is 16.7. The summed E-state index contributed by atoms with van der Waals surface area (Å²) in [6, 6.07) is 0. The highest BCUT2D eigenvalue weighted by Crippen LogP contribution is 2.42. The van der Waals surface area contributed by atoms with Crippen molar-refractivity contribution in [1.29, 1.82) is 0 Å². The SMILES string of the molecule is CC(OC1C=CC(C(CC(C)(C)C)C(C)(C)C)=CC1)OC1CCCCC1. The van der Waals surface area contributed by atoms with Crippen molar-refractivity contribution >= 4 is 0 Å². The molecule has 0 aliphatic heterocycles. The van der Waals surface area contributed by atoms with E-state index in [0.29, 0.717) is 17.4 Å². The lowest BCUT2D eigenvalue weighted by atomic mass is 9.68. The van der Waals surface area contributed by atoms with E-state index in [1.165, 1.54) is 44.1 Å². The molecule has 2 aliphatic rings. The molecule has 3 unspecified atom stereocenters. The zero-order valence-electron chi connectivity index (χ0n) is 18.3. The largest absolute Gasteiger partial charge is 0.350 e. The summed E-state index contributed by atoms with van der Waals surface area (Å²) in [5.41, 5.74) is 2.09. The molecule has 1 saturated carbocycles. The summed E-state index contributed by atoms with van der Waals surface area (Å²) in [6.45, 7) is 16.2. The zero-order chi connectivity index (χ0) is 19.4. The van der Waals surface area contributed by atoms with Gasteiger partial charge in [-0.2, -0.15) is 0 Å². The molecule has 2 rings (SSSR count). The molecule has 0 bridgehead atoms. The van der Waals surface area contributed by atoms with E-state index in [2.05, 4.69) is 66.7 Å². The Morgan fingerprint density at radius 3 is 2.15 bits per heavy atom. The molecule has 26 heavy (non-hydrogen) atoms. The molecule has 2 aliphatic carbocycles. The molecule has 0 aromatic heterocycles. The Morgan fingerprint density at radius 2 is 1.65 bits per heavy atom. The molecule has 0 amide bonds. The second-order valence-electron chi connectivity index (χ2n) is 10.6. The minimum atomic E-state index is -0.115. The lowest BCUT2D eigenvalue weighted by Gasteiger charge is -2.38. The molecule has 150 valence electrons. The predicted octanol–water partition coefficient (Wildman–Crippen LogP) is 7.05. The predicted molar refractivity (Wildman–Crippen MR) is 111 cm³/mol. The van der Waals surface area contributed by atoms with E-state index in [1.54, 1.807) is 0 Å². The van der Waals surface area contributed by atoms with Gasteiger partial charge in [0.05, 0.1) is 12.2 Å². The molecule has 0 aromatic rings. The second kappa shape index (κ2) is 9.06. The molecule has 0 spiro atoms. The Morgan fingerprint density at radius 1 is 1.00 bits per heavy atom. The van der Waals surface area contributed by atoms with Crippen LogP contribution in [0, 0.1) is 16.7 Å². The summed E-state index contributed by atoms with van der Waals surface area (Å²) in [5.74, 6) is 0.579. The number of hydrogen-bond donors (Lipinski definition) is 0. The second-order valence-corrected chi connectivity index (χ2v) is 10.6. The summed E-state index contributed by atoms with van der Waals surface area (Å²) in [6.07, 6.45) is 15.9. The topological polar surface area (TPSA) is 18.5 Å². The first-order valence-electron chi connectivity index (χ1n) is 10.7. The van der Waals surface area contributed by atoms with Gasteiger partial charge in [0.1, 0.15) is 0 Å². The van der Waals surface area contributed by atoms with Gasteiger partial charge in [-0.1, -0.05) is 79.0 Å². The maximum absolute atomic E-state index is 6.16. The maximum Gasteiger partial charge on any atom is 0.155 e. The highest BCUT2D eigenvalue weighted by molar-refractivity contribution is 5.28. The summed E-state index contributed by atoms with van der Waals surface area (Å²) in [4.78, 5) is 0. The lowest BCUT2D eigenvalue weighted by Crippen LogP contribution is -2.30. The first kappa shape index (κ1) is 21.7. The van der Waals surface area contributed by atoms with Crippen molar-refractivity contribution in [3.05, 3.63) is 23.8 Å². The van der Waals surface area contributed by atoms with E-state index < -0.39 is 0 Å². The van der Waals surface area contributed by atoms with Crippen LogP contribution in [-0.2, 0) is 9.47 Å². The van der Waals surface area contributed by atoms with Crippen LogP contribution < -0.4 is 0 Å². The van der Waals surface area contributed by atoms with Crippen LogP contribution >= 0.6 is 0 Å². The van der Waals surface area contributed by atoms with E-state index in [0.717, 1.165) is 6.42 Å². The summed E-state index contributed by atoms with van der Waals surface area (Å²) in [5, 5.41) is 0. The third kappa shape index (κ3) is 7.19. The van der Waals surface area contributed by atoms with Crippen molar-refractivity contribution in [2.24, 2.45) is 16.7 Å². The first-order valence-corrected chi connectivity index (χ1v) is 10.7. The van der Waals surface area contributed by atoms with Crippen molar-refractivity contribution < 1.29 is 9.47 Å². The third-order valence-corrected chi connectivity index (χ3v) is 5.66. The van der Waals surface area contributed by atoms with Crippen molar-refractivity contribution in [2.75, 3.05) is 0 Å². The fraction of sp³-hybridized carbons (Fsp3) is 0.833. The van der Waals surface area contributed by atoms with Gasteiger partial charge in [-0.3, -0.25) is 0 Å². The molecular formula is C24H42O2. The fourth-order valence-corrected chi connectivity index (χ4v) is 4.26. The smallest absolute Gasteiger partial charge is 0.155 e. The van der Waals surface area contributed by atoms with E-state index >= 15 is 0 Å². The molecule has 2 heteroatoms. The van der Waals surface area contributed by atoms with Gasteiger partial charge in [0.25, 0.3) is 0 Å². The Bertz CT molecular complexity index is 483. The molecule has 0 N–H and O–H groups in total. The first-order chi connectivity index (χ1) is 12.0. The number of ether oxygens (including phenoxy) is 2. The van der Waals surface area contributed by atoms with Crippen molar-refractivity contribution in [3.63, 3.8) is 0 Å². The van der Waals surface area contributed by atoms with Gasteiger partial charge in [-0.05, 0) is 54.9 Å². The summed E-state index contributed by atoms with van der Waals surface area (Å²) in [7, 11) is 0. The van der Waals surface area contributed by atoms with Gasteiger partial charge in [0.15, 0.2) is 6.29 Å². The van der Waals surface area contributed by atoms with Crippen LogP contribution in [0.5, 0.6) is 0 Å². The standard InChI is InChI=1S/C24H42O2/c1-18(25-20-11-9-8-10-12-20)26-21-15-13-19(14-16-21)22(24(5,6)7)17-23(2,3)4/h13-15,18,20-22H,8-12,16-17H2,1-7H3. The highest BCUT2D eigenvalue weighted by Gasteiger charge is 2.32. The van der Waals surface area contributed by atoms with Crippen LogP contribution in [0.25, 0.3) is 0 Å². The lowest BCUT2D eigenvalue weighted by molar-refractivity contribution is -0.180. The third-order valence-electron chi connectivity index (χ3n) is 5.66. The Hall–Kier alpha value is -0.600. The Labute approximate surface area is 162 Å². The summed E-state index contributed by atoms with van der Waals surface area (Å²) >= 11 is 0. The zero-order valence-corrected chi connectivity index (χ0v) is 18.3. The molecule has 0 saturated heterocycles. The normalized spacial score (nSPS) is 25.0. The van der Waals surface area contributed by atoms with E-state index in [9.17, 15) is 0 Å². The average Bonchev–Trinajstić information content (AvgIpc) is 2.52. The van der Waals surface area contributed by atoms with Crippen molar-refractivity contribution in [1.82, 2.24) is 0 Å². The van der Waals surface area contributed by atoms with Crippen molar-refractivity contribution in [2.45, 2.75) is 112 Å². The summed E-state index contributed by atoms with van der Waals surface area (Å²) < 4.78 is 12.3. The Balaban J connectivity index is 1.88. The minimum Gasteiger partial charge on any atom is -0.350 e. The van der Waals surface area contributed by atoms with Crippen LogP contribution in [0.4, 0.5) is 0 Å². The number of allylic oxidation sites excluding steroid dienone is 2. The van der Waals surface area contributed by atoms with Gasteiger partial charge in [0.2, 0.25) is 0 Å². The maximum atomic E-state index is 6.16. The van der Waals surface area contributed by atoms with E-state index in [-0.39, 0.29) is 17.8 Å². The quantitative estimate of drug-likeness (QED) is 0.471. The Kier molecular flexibility index (Phi) is 7.56. The van der Waals surface area contributed by atoms with Gasteiger partial charge < -0.3 is 9.47 Å².